The number of amides is 5. The van der Waals surface area contributed by atoms with Crippen molar-refractivity contribution < 1.29 is 78.6 Å². The number of nitrogens with zero attached hydrogens (tertiary/aromatic N) is 7. The first-order valence-electron chi connectivity index (χ1n) is 27.2. The maximum Gasteiger partial charge on any atom is 0.327 e. The number of carboxylic acid groups (broad SMARTS) is 6. The maximum absolute atomic E-state index is 14.3. The predicted molar refractivity (Wildman–Crippen MR) is 300 cm³/mol. The van der Waals surface area contributed by atoms with Gasteiger partial charge in [0.1, 0.15) is 18.1 Å². The minimum atomic E-state index is -1.56. The van der Waals surface area contributed by atoms with E-state index in [-0.39, 0.29) is 121 Å². The van der Waals surface area contributed by atoms with Gasteiger partial charge in [0.15, 0.2) is 0 Å². The summed E-state index contributed by atoms with van der Waals surface area (Å²) >= 11 is 0.756. The molecular formula is C54H72N12O16S. The number of hydrogen-bond donors (Lipinski definition) is 11. The van der Waals surface area contributed by atoms with Crippen LogP contribution in [0.5, 0.6) is 0 Å². The number of benzene rings is 3. The van der Waals surface area contributed by atoms with E-state index in [4.69, 9.17) is 5.11 Å². The topological polar surface area (TPSA) is 396 Å². The van der Waals surface area contributed by atoms with Gasteiger partial charge in [-0.1, -0.05) is 53.7 Å². The average molecular weight is 1180 g/mol. The van der Waals surface area contributed by atoms with Crippen LogP contribution in [0.4, 0.5) is 4.79 Å². The first-order chi connectivity index (χ1) is 39.7. The molecule has 1 aliphatic carbocycles. The van der Waals surface area contributed by atoms with E-state index in [9.17, 15) is 73.5 Å². The second-order valence-electron chi connectivity index (χ2n) is 20.6. The van der Waals surface area contributed by atoms with Crippen LogP contribution in [-0.4, -0.2) is 246 Å². The van der Waals surface area contributed by atoms with Crippen LogP contribution in [0, 0.1) is 11.8 Å². The fraction of sp³-hybridized carbons (Fsp3) is 0.519. The van der Waals surface area contributed by atoms with Crippen LogP contribution in [0.1, 0.15) is 36.9 Å². The summed E-state index contributed by atoms with van der Waals surface area (Å²) in [7, 11) is 0. The van der Waals surface area contributed by atoms with Crippen molar-refractivity contribution in [2.24, 2.45) is 11.8 Å². The van der Waals surface area contributed by atoms with Gasteiger partial charge in [0.05, 0.1) is 44.2 Å². The summed E-state index contributed by atoms with van der Waals surface area (Å²) in [4.78, 5) is 131. The highest BCUT2D eigenvalue weighted by molar-refractivity contribution is 8.00. The lowest BCUT2D eigenvalue weighted by atomic mass is 9.81. The third-order valence-corrected chi connectivity index (χ3v) is 15.5. The van der Waals surface area contributed by atoms with E-state index in [0.717, 1.165) is 38.9 Å². The molecule has 4 aromatic rings. The Hall–Kier alpha value is -7.99. The molecule has 2 fully saturated rings. The molecule has 1 aromatic heterocycles. The molecule has 2 heterocycles. The molecule has 2 aliphatic rings. The number of hydrogen-bond acceptors (Lipinski definition) is 17. The van der Waals surface area contributed by atoms with Crippen molar-refractivity contribution in [3.8, 4) is 0 Å². The summed E-state index contributed by atoms with van der Waals surface area (Å²) in [6.07, 6.45) is 3.40. The van der Waals surface area contributed by atoms with Gasteiger partial charge in [-0.3, -0.25) is 57.8 Å². The lowest BCUT2D eigenvalue weighted by Gasteiger charge is -2.33. The van der Waals surface area contributed by atoms with Crippen LogP contribution in [0.15, 0.2) is 60.8 Å². The molecule has 83 heavy (non-hydrogen) atoms. The third-order valence-electron chi connectivity index (χ3n) is 14.5. The zero-order chi connectivity index (χ0) is 60.0. The molecule has 3 aromatic carbocycles. The molecule has 0 radical (unpaired) electrons. The Kier molecular flexibility index (Phi) is 24.8. The number of fused-ring (bicyclic) bond motifs is 2. The van der Waals surface area contributed by atoms with E-state index in [2.05, 4.69) is 43.0 Å². The number of thioether (sulfide) groups is 1. The zero-order valence-corrected chi connectivity index (χ0v) is 46.5. The fourth-order valence-corrected chi connectivity index (χ4v) is 10.9. The minimum Gasteiger partial charge on any atom is -0.481 e. The van der Waals surface area contributed by atoms with Crippen molar-refractivity contribution in [1.82, 2.24) is 61.2 Å². The van der Waals surface area contributed by atoms with Crippen molar-refractivity contribution >= 4 is 92.9 Å². The van der Waals surface area contributed by atoms with Crippen LogP contribution in [-0.2, 0) is 62.5 Å². The molecule has 3 atom stereocenters. The molecule has 11 N–H and O–H groups in total. The number of urea groups is 1. The summed E-state index contributed by atoms with van der Waals surface area (Å²) in [6.45, 7) is 1.64. The standard InChI is InChI=1S/C54H72N12O16S/c67-45(28-62-15-17-63(29-46(68)69)19-21-65(31-48(72)73)22-20-64(18-16-62)30-47(70)71)56-26-34-9-11-35(12-10-34)50(76)57-42(25-41-39-7-3-1-5-36(39)23-37-6-2-4-8-40(37)41)51(77)55-13-14-66-27-38(60-61-66)24-43(52(78)79)58-54(82)59-44(53(80)81)32-83-33-49(74)75/h1-8,23,27,34-35,42-44H,9-22,24-26,28-33H2,(H,55,77)(H,56,67)(H,57,76)(H,68,69)(H,70,71)(H,72,73)(H,74,75)(H,78,79)(H,80,81)(H2,58,59,82)/t34?,35?,42-,43-,44-/m0/s1. The van der Waals surface area contributed by atoms with Gasteiger partial charge in [0.2, 0.25) is 17.7 Å². The van der Waals surface area contributed by atoms with Crippen LogP contribution in [0.3, 0.4) is 0 Å². The maximum atomic E-state index is 14.3. The normalized spacial score (nSPS) is 18.1. The van der Waals surface area contributed by atoms with Crippen molar-refractivity contribution in [3.05, 3.63) is 72.1 Å². The van der Waals surface area contributed by atoms with Crippen LogP contribution in [0.25, 0.3) is 21.5 Å². The molecule has 1 aliphatic heterocycles. The number of carbonyl (C=O) groups is 10. The van der Waals surface area contributed by atoms with Gasteiger partial charge in [0.25, 0.3) is 0 Å². The number of aromatic nitrogens is 3. The number of nitrogens with one attached hydrogen (secondary N) is 5. The molecule has 0 unspecified atom stereocenters. The van der Waals surface area contributed by atoms with Crippen molar-refractivity contribution in [3.63, 3.8) is 0 Å². The van der Waals surface area contributed by atoms with Gasteiger partial charge < -0.3 is 57.2 Å². The monoisotopic (exact) mass is 1180 g/mol. The smallest absolute Gasteiger partial charge is 0.327 e. The molecule has 5 amide bonds. The van der Waals surface area contributed by atoms with Gasteiger partial charge in [-0.05, 0) is 64.8 Å². The fourth-order valence-electron chi connectivity index (χ4n) is 10.1. The van der Waals surface area contributed by atoms with E-state index in [0.29, 0.717) is 45.3 Å². The lowest BCUT2D eigenvalue weighted by Crippen LogP contribution is -2.52. The Morgan fingerprint density at radius 1 is 0.578 bits per heavy atom. The molecule has 0 spiro atoms. The Morgan fingerprint density at radius 3 is 1.59 bits per heavy atom. The number of carbonyl (C=O) groups excluding carboxylic acids is 4. The van der Waals surface area contributed by atoms with Gasteiger partial charge >= 0.3 is 41.8 Å². The first-order valence-corrected chi connectivity index (χ1v) is 28.3. The number of aliphatic carboxylic acids is 6. The second kappa shape index (κ2) is 32.0. The van der Waals surface area contributed by atoms with E-state index < -0.39 is 77.6 Å². The Labute approximate surface area is 481 Å². The summed E-state index contributed by atoms with van der Waals surface area (Å²) < 4.78 is 1.36. The molecule has 0 bridgehead atoms. The highest BCUT2D eigenvalue weighted by Crippen LogP contribution is 2.31. The lowest BCUT2D eigenvalue weighted by molar-refractivity contribution is -0.140. The quantitative estimate of drug-likeness (QED) is 0.0316. The summed E-state index contributed by atoms with van der Waals surface area (Å²) in [5, 5.41) is 81.9. The second-order valence-corrected chi connectivity index (χ2v) is 21.7. The predicted octanol–water partition coefficient (Wildman–Crippen LogP) is -0.608. The molecule has 450 valence electrons. The van der Waals surface area contributed by atoms with Gasteiger partial charge in [-0.2, -0.15) is 0 Å². The number of rotatable bonds is 28. The first kappa shape index (κ1) is 64.2. The van der Waals surface area contributed by atoms with Crippen LogP contribution < -0.4 is 26.6 Å². The number of carboxylic acids is 6. The van der Waals surface area contributed by atoms with E-state index >= 15 is 0 Å². The van der Waals surface area contributed by atoms with Crippen molar-refractivity contribution in [1.29, 1.82) is 0 Å². The van der Waals surface area contributed by atoms with E-state index in [1.165, 1.54) is 10.9 Å². The zero-order valence-electron chi connectivity index (χ0n) is 45.7. The van der Waals surface area contributed by atoms with E-state index in [1.807, 2.05) is 53.4 Å². The van der Waals surface area contributed by atoms with Crippen LogP contribution in [0.2, 0.25) is 0 Å². The Morgan fingerprint density at radius 2 is 1.08 bits per heavy atom. The van der Waals surface area contributed by atoms with E-state index in [1.54, 1.807) is 14.7 Å². The van der Waals surface area contributed by atoms with Crippen molar-refractivity contribution in [2.45, 2.75) is 63.2 Å². The highest BCUT2D eigenvalue weighted by atomic mass is 32.2. The molecule has 28 nitrogen and oxygen atoms in total. The largest absolute Gasteiger partial charge is 0.481 e. The van der Waals surface area contributed by atoms with Gasteiger partial charge in [-0.15, -0.1) is 16.9 Å². The summed E-state index contributed by atoms with van der Waals surface area (Å²) in [6, 6.07) is 12.4. The summed E-state index contributed by atoms with van der Waals surface area (Å²) in [5.74, 6) is -9.38. The minimum absolute atomic E-state index is 0.0136. The molecular weight excluding hydrogens is 1100 g/mol. The molecule has 1 saturated carbocycles. The molecule has 6 rings (SSSR count). The Balaban J connectivity index is 1.05. The van der Waals surface area contributed by atoms with Gasteiger partial charge in [0, 0.05) is 96.2 Å². The summed E-state index contributed by atoms with van der Waals surface area (Å²) in [5.41, 5.74) is 1.01. The molecule has 29 heteroatoms. The van der Waals surface area contributed by atoms with Gasteiger partial charge in [-0.25, -0.2) is 14.4 Å². The van der Waals surface area contributed by atoms with Crippen molar-refractivity contribution in [2.75, 3.05) is 103 Å². The third kappa shape index (κ3) is 21.4. The van der Waals surface area contributed by atoms with Crippen LogP contribution >= 0.6 is 11.8 Å². The highest BCUT2D eigenvalue weighted by Gasteiger charge is 2.32. The molecule has 1 saturated heterocycles. The average Bonchev–Trinajstić information content (AvgIpc) is 3.93. The Bertz CT molecular complexity index is 2850. The SMILES string of the molecule is O=C(O)CSC[C@H](NC(=O)N[C@@H](Cc1cn(CCNC(=O)[C@H](Cc2c3ccccc3cc3ccccc23)NC(=O)C2CCC(CNC(=O)CN3CCN(CC(=O)O)CCN(CC(=O)O)CCN(CC(=O)O)CC3)CC2)nn1)C(=O)O)C(=O)O.